The second-order valence-corrected chi connectivity index (χ2v) is 6.58. The molecule has 0 aromatic carbocycles. The van der Waals surface area contributed by atoms with Gasteiger partial charge in [-0.15, -0.1) is 0 Å². The minimum absolute atomic E-state index is 0.0231. The molecule has 0 aromatic heterocycles. The molecule has 0 radical (unpaired) electrons. The van der Waals surface area contributed by atoms with Gasteiger partial charge < -0.3 is 0 Å². The summed E-state index contributed by atoms with van der Waals surface area (Å²) in [6.45, 7) is 12.4. The minimum atomic E-state index is -0.184. The molecule has 1 aliphatic rings. The molecule has 0 aromatic rings. The molecule has 1 N–H and O–H groups in total. The van der Waals surface area contributed by atoms with Crippen molar-refractivity contribution in [2.45, 2.75) is 53.8 Å². The predicted octanol–water partition coefficient (Wildman–Crippen LogP) is 1.77. The number of hydrogen-bond acceptors (Lipinski definition) is 3. The second kappa shape index (κ2) is 4.00. The van der Waals surface area contributed by atoms with Gasteiger partial charge >= 0.3 is 0 Å². The third kappa shape index (κ3) is 2.38. The molecule has 94 valence electrons. The van der Waals surface area contributed by atoms with Crippen LogP contribution < -0.4 is 5.32 Å². The Morgan fingerprint density at radius 3 is 1.88 bits per heavy atom. The normalized spacial score (nSPS) is 27.7. The average molecular weight is 228 g/mol. The highest BCUT2D eigenvalue weighted by Crippen LogP contribution is 2.33. The van der Waals surface area contributed by atoms with Crippen LogP contribution in [0.15, 0.2) is 0 Å². The Kier molecular flexibility index (Phi) is 3.37. The molecule has 0 saturated carbocycles. The van der Waals surface area contributed by atoms with Crippen molar-refractivity contribution in [2.75, 3.05) is 7.11 Å². The number of nitrogens with zero attached hydrogens (tertiary/aromatic N) is 1. The van der Waals surface area contributed by atoms with Gasteiger partial charge in [0.2, 0.25) is 0 Å². The Bertz CT molecular complexity index is 276. The molecule has 1 fully saturated rings. The highest BCUT2D eigenvalue weighted by molar-refractivity contribution is 5.84. The van der Waals surface area contributed by atoms with E-state index in [-0.39, 0.29) is 28.9 Å². The van der Waals surface area contributed by atoms with Gasteiger partial charge in [-0.25, -0.2) is 5.06 Å². The molecule has 0 bridgehead atoms. The third-order valence-electron chi connectivity index (χ3n) is 2.91. The summed E-state index contributed by atoms with van der Waals surface area (Å²) in [5.74, 6) is 0.0231. The average Bonchev–Trinajstić information content (AvgIpc) is 2.40. The number of carbonyl (C=O) groups excluding carboxylic acids is 1. The zero-order valence-corrected chi connectivity index (χ0v) is 11.4. The Morgan fingerprint density at radius 1 is 1.12 bits per heavy atom. The van der Waals surface area contributed by atoms with Crippen LogP contribution in [0.2, 0.25) is 0 Å². The molecule has 1 rings (SSSR count). The lowest BCUT2D eigenvalue weighted by Crippen LogP contribution is -2.47. The van der Waals surface area contributed by atoms with E-state index in [4.69, 9.17) is 4.84 Å². The summed E-state index contributed by atoms with van der Waals surface area (Å²) >= 11 is 0. The number of hydrogen-bond donors (Lipinski definition) is 1. The van der Waals surface area contributed by atoms with Crippen molar-refractivity contribution in [1.29, 1.82) is 0 Å². The summed E-state index contributed by atoms with van der Waals surface area (Å²) in [6, 6.07) is -0.184. The molecule has 0 aliphatic carbocycles. The van der Waals surface area contributed by atoms with Gasteiger partial charge in [-0.2, -0.15) is 0 Å². The van der Waals surface area contributed by atoms with Crippen LogP contribution in [-0.2, 0) is 9.63 Å². The zero-order chi connectivity index (χ0) is 12.7. The summed E-state index contributed by atoms with van der Waals surface area (Å²) in [5.41, 5.74) is -0.153. The lowest BCUT2D eigenvalue weighted by Gasteiger charge is -2.32. The first-order chi connectivity index (χ1) is 7.09. The highest BCUT2D eigenvalue weighted by atomic mass is 16.7. The van der Waals surface area contributed by atoms with Crippen LogP contribution in [0.1, 0.15) is 41.5 Å². The van der Waals surface area contributed by atoms with Gasteiger partial charge in [-0.1, -0.05) is 41.5 Å². The van der Waals surface area contributed by atoms with Crippen LogP contribution in [-0.4, -0.2) is 30.3 Å². The predicted molar refractivity (Wildman–Crippen MR) is 63.5 cm³/mol. The number of amides is 1. The Balaban J connectivity index is 2.97. The van der Waals surface area contributed by atoms with Crippen LogP contribution in [0.3, 0.4) is 0 Å². The van der Waals surface area contributed by atoms with E-state index >= 15 is 0 Å². The molecule has 2 atom stereocenters. The summed E-state index contributed by atoms with van der Waals surface area (Å²) in [6.07, 6.45) is -0.0748. The standard InChI is InChI=1S/C12H24N2O2/c1-11(2,3)8-9(15)14(16-7)10(13-8)12(4,5)6/h8,10,13H,1-7H3/t8-,10-/m1/s1. The fraction of sp³-hybridized carbons (Fsp3) is 0.917. The smallest absolute Gasteiger partial charge is 0.265 e. The fourth-order valence-corrected chi connectivity index (χ4v) is 1.97. The summed E-state index contributed by atoms with van der Waals surface area (Å²) < 4.78 is 0. The largest absolute Gasteiger partial charge is 0.283 e. The maximum Gasteiger partial charge on any atom is 0.265 e. The van der Waals surface area contributed by atoms with E-state index in [0.29, 0.717) is 0 Å². The van der Waals surface area contributed by atoms with Crippen molar-refractivity contribution in [3.05, 3.63) is 0 Å². The Labute approximate surface area is 98.3 Å². The summed E-state index contributed by atoms with van der Waals surface area (Å²) in [5, 5.41) is 4.84. The van der Waals surface area contributed by atoms with Crippen LogP contribution >= 0.6 is 0 Å². The highest BCUT2D eigenvalue weighted by Gasteiger charge is 2.49. The van der Waals surface area contributed by atoms with E-state index in [2.05, 4.69) is 46.9 Å². The van der Waals surface area contributed by atoms with Crippen LogP contribution in [0.5, 0.6) is 0 Å². The number of rotatable bonds is 1. The summed E-state index contributed by atoms with van der Waals surface area (Å²) in [4.78, 5) is 17.4. The number of hydroxylamine groups is 2. The zero-order valence-electron chi connectivity index (χ0n) is 11.4. The van der Waals surface area contributed by atoms with Gasteiger partial charge in [0.25, 0.3) is 5.91 Å². The van der Waals surface area contributed by atoms with E-state index in [9.17, 15) is 4.79 Å². The van der Waals surface area contributed by atoms with E-state index in [1.807, 2.05) is 0 Å². The first-order valence-corrected chi connectivity index (χ1v) is 5.72. The van der Waals surface area contributed by atoms with Crippen molar-refractivity contribution < 1.29 is 9.63 Å². The van der Waals surface area contributed by atoms with Gasteiger partial charge in [0, 0.05) is 0 Å². The van der Waals surface area contributed by atoms with Crippen LogP contribution in [0.4, 0.5) is 0 Å². The van der Waals surface area contributed by atoms with Crippen molar-refractivity contribution >= 4 is 5.91 Å². The SMILES string of the molecule is CON1C(=O)[C@H](C(C)(C)C)N[C@H]1C(C)(C)C. The van der Waals surface area contributed by atoms with Gasteiger partial charge in [0.05, 0.1) is 13.2 Å². The molecule has 4 heteroatoms. The van der Waals surface area contributed by atoms with Gasteiger partial charge in [-0.05, 0) is 10.8 Å². The lowest BCUT2D eigenvalue weighted by molar-refractivity contribution is -0.188. The maximum atomic E-state index is 12.2. The molecule has 1 amide bonds. The third-order valence-corrected chi connectivity index (χ3v) is 2.91. The quantitative estimate of drug-likeness (QED) is 0.743. The summed E-state index contributed by atoms with van der Waals surface area (Å²) in [7, 11) is 1.54. The molecular weight excluding hydrogens is 204 g/mol. The van der Waals surface area contributed by atoms with E-state index in [1.165, 1.54) is 5.06 Å². The molecule has 1 saturated heterocycles. The van der Waals surface area contributed by atoms with Gasteiger partial charge in [-0.3, -0.25) is 14.9 Å². The molecule has 16 heavy (non-hydrogen) atoms. The molecular formula is C12H24N2O2. The molecule has 1 heterocycles. The minimum Gasteiger partial charge on any atom is -0.283 e. The van der Waals surface area contributed by atoms with E-state index in [1.54, 1.807) is 7.11 Å². The molecule has 0 spiro atoms. The van der Waals surface area contributed by atoms with Crippen LogP contribution in [0.25, 0.3) is 0 Å². The van der Waals surface area contributed by atoms with Crippen molar-refractivity contribution in [3.63, 3.8) is 0 Å². The first-order valence-electron chi connectivity index (χ1n) is 5.72. The number of nitrogens with one attached hydrogen (secondary N) is 1. The Morgan fingerprint density at radius 2 is 1.62 bits per heavy atom. The topological polar surface area (TPSA) is 41.6 Å². The molecule has 4 nitrogen and oxygen atoms in total. The monoisotopic (exact) mass is 228 g/mol. The molecule has 0 unspecified atom stereocenters. The van der Waals surface area contributed by atoms with Crippen molar-refractivity contribution in [3.8, 4) is 0 Å². The molecule has 1 aliphatic heterocycles. The van der Waals surface area contributed by atoms with Gasteiger partial charge in [0.15, 0.2) is 0 Å². The maximum absolute atomic E-state index is 12.2. The van der Waals surface area contributed by atoms with E-state index in [0.717, 1.165) is 0 Å². The van der Waals surface area contributed by atoms with Gasteiger partial charge in [0.1, 0.15) is 6.17 Å². The van der Waals surface area contributed by atoms with E-state index < -0.39 is 0 Å². The van der Waals surface area contributed by atoms with Crippen molar-refractivity contribution in [1.82, 2.24) is 10.4 Å². The first kappa shape index (κ1) is 13.5. The second-order valence-electron chi connectivity index (χ2n) is 6.58. The number of carbonyl (C=O) groups is 1. The Hall–Kier alpha value is -0.610. The fourth-order valence-electron chi connectivity index (χ4n) is 1.97. The van der Waals surface area contributed by atoms with Crippen LogP contribution in [0, 0.1) is 10.8 Å². The lowest BCUT2D eigenvalue weighted by atomic mass is 9.86. The van der Waals surface area contributed by atoms with Crippen molar-refractivity contribution in [2.24, 2.45) is 10.8 Å².